The fourth-order valence-corrected chi connectivity index (χ4v) is 3.93. The molecule has 2 aromatic carbocycles. The molecule has 0 bridgehead atoms. The molecule has 0 aliphatic heterocycles. The number of ether oxygens (including phenoxy) is 2. The fraction of sp³-hybridized carbons (Fsp3) is 0.516. The molecule has 0 aliphatic rings. The summed E-state index contributed by atoms with van der Waals surface area (Å²) in [6.07, 6.45) is 10.6. The van der Waals surface area contributed by atoms with Crippen LogP contribution >= 0.6 is 0 Å². The Kier molecular flexibility index (Phi) is 14.4. The average molecular weight is 495 g/mol. The maximum atomic E-state index is 12.9. The van der Waals surface area contributed by atoms with Crippen LogP contribution < -0.4 is 14.8 Å². The monoisotopic (exact) mass is 494 g/mol. The summed E-state index contributed by atoms with van der Waals surface area (Å²) in [5.74, 6) is 1.62. The summed E-state index contributed by atoms with van der Waals surface area (Å²) < 4.78 is 11.2. The zero-order valence-electron chi connectivity index (χ0n) is 22.9. The lowest BCUT2D eigenvalue weighted by molar-refractivity contribution is 0.104. The lowest BCUT2D eigenvalue weighted by Gasteiger charge is -2.21. The smallest absolute Gasteiger partial charge is 0.187 e. The number of carbonyl (C=O) groups excluding carboxylic acids is 1. The summed E-state index contributed by atoms with van der Waals surface area (Å²) in [6.45, 7) is 10.8. The Balaban J connectivity index is 1.90. The van der Waals surface area contributed by atoms with Gasteiger partial charge in [0.15, 0.2) is 5.78 Å². The largest absolute Gasteiger partial charge is 0.497 e. The number of hydrogen-bond donors (Lipinski definition) is 1. The van der Waals surface area contributed by atoms with Crippen LogP contribution in [0.1, 0.15) is 82.5 Å². The molecule has 0 amide bonds. The molecule has 2 aromatic rings. The fourth-order valence-electron chi connectivity index (χ4n) is 3.93. The normalized spacial score (nSPS) is 11.5. The number of nitrogens with one attached hydrogen (secondary N) is 1. The highest BCUT2D eigenvalue weighted by atomic mass is 16.5. The van der Waals surface area contributed by atoms with Gasteiger partial charge in [0.2, 0.25) is 0 Å². The van der Waals surface area contributed by atoms with Crippen LogP contribution in [0.15, 0.2) is 60.3 Å². The highest BCUT2D eigenvalue weighted by Gasteiger charge is 2.08. The number of nitrogens with zero attached hydrogens (tertiary/aromatic N) is 1. The van der Waals surface area contributed by atoms with Crippen LogP contribution in [-0.2, 0) is 0 Å². The molecular weight excluding hydrogens is 448 g/mol. The van der Waals surface area contributed by atoms with Gasteiger partial charge in [-0.3, -0.25) is 4.79 Å². The minimum absolute atomic E-state index is 0.00356. The van der Waals surface area contributed by atoms with Gasteiger partial charge < -0.3 is 19.7 Å². The molecule has 0 aromatic heterocycles. The second-order valence-corrected chi connectivity index (χ2v) is 9.27. The third kappa shape index (κ3) is 11.3. The number of ketones is 1. The highest BCUT2D eigenvalue weighted by Crippen LogP contribution is 2.20. The van der Waals surface area contributed by atoms with Crippen LogP contribution in [0.25, 0.3) is 0 Å². The number of carbonyl (C=O) groups is 1. The molecule has 198 valence electrons. The summed E-state index contributed by atoms with van der Waals surface area (Å²) in [5, 5.41) is 3.40. The molecule has 0 fully saturated rings. The van der Waals surface area contributed by atoms with E-state index in [0.717, 1.165) is 55.1 Å². The SMILES string of the molecule is CCCC/C(=C/C(=O)c1ccc(OCCCN(CCCC)CCCC)cc1)Nc1ccc(OC)cc1. The molecule has 0 radical (unpaired) electrons. The van der Waals surface area contributed by atoms with Crippen molar-refractivity contribution >= 4 is 11.5 Å². The first-order valence-electron chi connectivity index (χ1n) is 13.7. The average Bonchev–Trinajstić information content (AvgIpc) is 2.91. The molecule has 0 saturated carbocycles. The van der Waals surface area contributed by atoms with Crippen molar-refractivity contribution in [2.75, 3.05) is 38.7 Å². The van der Waals surface area contributed by atoms with Crippen molar-refractivity contribution in [3.8, 4) is 11.5 Å². The number of anilines is 1. The van der Waals surface area contributed by atoms with Gasteiger partial charge in [0.25, 0.3) is 0 Å². The van der Waals surface area contributed by atoms with Crippen LogP contribution in [-0.4, -0.2) is 44.0 Å². The van der Waals surface area contributed by atoms with Crippen molar-refractivity contribution in [1.82, 2.24) is 4.90 Å². The van der Waals surface area contributed by atoms with E-state index in [1.807, 2.05) is 48.5 Å². The van der Waals surface area contributed by atoms with Crippen molar-refractivity contribution in [1.29, 1.82) is 0 Å². The third-order valence-corrected chi connectivity index (χ3v) is 6.18. The minimum atomic E-state index is -0.00356. The quantitative estimate of drug-likeness (QED) is 0.123. The molecule has 36 heavy (non-hydrogen) atoms. The molecule has 0 saturated heterocycles. The summed E-state index contributed by atoms with van der Waals surface area (Å²) in [5.41, 5.74) is 2.53. The maximum Gasteiger partial charge on any atom is 0.187 e. The number of benzene rings is 2. The molecule has 0 unspecified atom stereocenters. The van der Waals surface area contributed by atoms with Gasteiger partial charge in [-0.05, 0) is 93.7 Å². The number of unbranched alkanes of at least 4 members (excludes halogenated alkanes) is 3. The second-order valence-electron chi connectivity index (χ2n) is 9.27. The van der Waals surface area contributed by atoms with Crippen LogP contribution in [0.3, 0.4) is 0 Å². The van der Waals surface area contributed by atoms with Crippen molar-refractivity contribution in [3.05, 3.63) is 65.9 Å². The van der Waals surface area contributed by atoms with E-state index in [4.69, 9.17) is 9.47 Å². The van der Waals surface area contributed by atoms with Gasteiger partial charge in [-0.1, -0.05) is 40.0 Å². The van der Waals surface area contributed by atoms with Gasteiger partial charge in [0, 0.05) is 29.6 Å². The summed E-state index contributed by atoms with van der Waals surface area (Å²) in [4.78, 5) is 15.5. The van der Waals surface area contributed by atoms with Gasteiger partial charge in [-0.15, -0.1) is 0 Å². The summed E-state index contributed by atoms with van der Waals surface area (Å²) >= 11 is 0. The van der Waals surface area contributed by atoms with Crippen LogP contribution in [0.4, 0.5) is 5.69 Å². The molecule has 5 heteroatoms. The van der Waals surface area contributed by atoms with Crippen molar-refractivity contribution < 1.29 is 14.3 Å². The van der Waals surface area contributed by atoms with Gasteiger partial charge in [0.05, 0.1) is 13.7 Å². The maximum absolute atomic E-state index is 12.9. The van der Waals surface area contributed by atoms with E-state index in [0.29, 0.717) is 12.2 Å². The van der Waals surface area contributed by atoms with Crippen molar-refractivity contribution in [2.24, 2.45) is 0 Å². The molecule has 0 atom stereocenters. The van der Waals surface area contributed by atoms with Crippen LogP contribution in [0.2, 0.25) is 0 Å². The highest BCUT2D eigenvalue weighted by molar-refractivity contribution is 6.05. The van der Waals surface area contributed by atoms with Gasteiger partial charge in [-0.2, -0.15) is 0 Å². The van der Waals surface area contributed by atoms with E-state index in [9.17, 15) is 4.79 Å². The molecule has 1 N–H and O–H groups in total. The number of allylic oxidation sites excluding steroid dienone is 2. The van der Waals surface area contributed by atoms with E-state index in [-0.39, 0.29) is 5.78 Å². The second kappa shape index (κ2) is 17.6. The van der Waals surface area contributed by atoms with Crippen molar-refractivity contribution in [2.45, 2.75) is 72.1 Å². The topological polar surface area (TPSA) is 50.8 Å². The zero-order chi connectivity index (χ0) is 26.0. The molecule has 0 spiro atoms. The minimum Gasteiger partial charge on any atom is -0.497 e. The van der Waals surface area contributed by atoms with E-state index in [2.05, 4.69) is 31.0 Å². The van der Waals surface area contributed by atoms with Crippen LogP contribution in [0, 0.1) is 0 Å². The first-order valence-corrected chi connectivity index (χ1v) is 13.7. The summed E-state index contributed by atoms with van der Waals surface area (Å²) in [7, 11) is 1.65. The molecule has 0 heterocycles. The summed E-state index contributed by atoms with van der Waals surface area (Å²) in [6, 6.07) is 15.2. The van der Waals surface area contributed by atoms with E-state index < -0.39 is 0 Å². The Morgan fingerprint density at radius 3 is 1.97 bits per heavy atom. The molecule has 0 aliphatic carbocycles. The van der Waals surface area contributed by atoms with E-state index in [1.165, 1.54) is 38.8 Å². The number of rotatable bonds is 19. The number of hydrogen-bond acceptors (Lipinski definition) is 5. The predicted octanol–water partition coefficient (Wildman–Crippen LogP) is 7.74. The van der Waals surface area contributed by atoms with Gasteiger partial charge in [-0.25, -0.2) is 0 Å². The Labute approximate surface area is 218 Å². The van der Waals surface area contributed by atoms with E-state index >= 15 is 0 Å². The molecular formula is C31H46N2O3. The standard InChI is InChI=1S/C31H46N2O3/c1-5-8-12-28(32-27-15-19-29(35-4)20-16-27)25-31(34)26-13-17-30(18-14-26)36-24-11-23-33(21-9-6-2)22-10-7-3/h13-20,25,32H,5-12,21-24H2,1-4H3/b28-25-. The first kappa shape index (κ1) is 29.4. The lowest BCUT2D eigenvalue weighted by Crippen LogP contribution is -2.28. The van der Waals surface area contributed by atoms with Crippen molar-refractivity contribution in [3.63, 3.8) is 0 Å². The van der Waals surface area contributed by atoms with Gasteiger partial charge >= 0.3 is 0 Å². The Morgan fingerprint density at radius 2 is 1.39 bits per heavy atom. The Hall–Kier alpha value is -2.79. The van der Waals surface area contributed by atoms with E-state index in [1.54, 1.807) is 13.2 Å². The Morgan fingerprint density at radius 1 is 0.806 bits per heavy atom. The first-order chi connectivity index (χ1) is 17.6. The zero-order valence-corrected chi connectivity index (χ0v) is 22.9. The van der Waals surface area contributed by atoms with Gasteiger partial charge in [0.1, 0.15) is 11.5 Å². The molecule has 5 nitrogen and oxygen atoms in total. The lowest BCUT2D eigenvalue weighted by atomic mass is 10.1. The third-order valence-electron chi connectivity index (χ3n) is 6.18. The molecule has 2 rings (SSSR count). The number of methoxy groups -OCH3 is 1. The Bertz CT molecular complexity index is 883. The van der Waals surface area contributed by atoms with Crippen LogP contribution in [0.5, 0.6) is 11.5 Å². The predicted molar refractivity (Wildman–Crippen MR) is 151 cm³/mol.